The average molecular weight is 256 g/mol. The number of nitrogens with zero attached hydrogens (tertiary/aromatic N) is 2. The van der Waals surface area contributed by atoms with Crippen molar-refractivity contribution < 1.29 is 4.39 Å². The zero-order chi connectivity index (χ0) is 12.4. The predicted octanol–water partition coefficient (Wildman–Crippen LogP) is 0.772. The molecule has 0 saturated carbocycles. The first-order valence-corrected chi connectivity index (χ1v) is 5.05. The summed E-state index contributed by atoms with van der Waals surface area (Å²) < 4.78 is 13.9. The summed E-state index contributed by atoms with van der Waals surface area (Å²) in [5.41, 5.74) is -1.36. The van der Waals surface area contributed by atoms with Crippen LogP contribution in [0.1, 0.15) is 5.69 Å². The minimum absolute atomic E-state index is 0.108. The normalized spacial score (nSPS) is 10.5. The quantitative estimate of drug-likeness (QED) is 0.806. The van der Waals surface area contributed by atoms with Crippen molar-refractivity contribution in [1.29, 1.82) is 0 Å². The van der Waals surface area contributed by atoms with E-state index >= 15 is 0 Å². The number of aromatic nitrogens is 3. The highest BCUT2D eigenvalue weighted by molar-refractivity contribution is 6.29. The average Bonchev–Trinajstić information content (AvgIpc) is 2.33. The molecule has 2 aromatic rings. The smallest absolute Gasteiger partial charge is 0.295 e. The van der Waals surface area contributed by atoms with Gasteiger partial charge in [-0.3, -0.25) is 19.3 Å². The number of hydrogen-bond acceptors (Lipinski definition) is 3. The van der Waals surface area contributed by atoms with Crippen molar-refractivity contribution in [3.8, 4) is 0 Å². The molecular formula is C10H7ClFN3O2. The largest absolute Gasteiger partial charge is 0.330 e. The van der Waals surface area contributed by atoms with Gasteiger partial charge in [0.1, 0.15) is 0 Å². The fourth-order valence-corrected chi connectivity index (χ4v) is 1.48. The maximum Gasteiger partial charge on any atom is 0.330 e. The van der Waals surface area contributed by atoms with Crippen LogP contribution in [-0.2, 0) is 6.54 Å². The molecule has 1 N–H and O–H groups in total. The van der Waals surface area contributed by atoms with Crippen molar-refractivity contribution >= 4 is 11.6 Å². The number of nitrogens with one attached hydrogen (secondary N) is 1. The topological polar surface area (TPSA) is 67.8 Å². The molecule has 2 aromatic heterocycles. The van der Waals surface area contributed by atoms with E-state index < -0.39 is 22.2 Å². The number of halogens is 2. The molecule has 88 valence electrons. The maximum absolute atomic E-state index is 13.2. The van der Waals surface area contributed by atoms with Crippen molar-refractivity contribution in [3.05, 3.63) is 61.9 Å². The first-order valence-electron chi connectivity index (χ1n) is 4.67. The number of pyridine rings is 1. The van der Waals surface area contributed by atoms with Crippen LogP contribution in [0.5, 0.6) is 0 Å². The summed E-state index contributed by atoms with van der Waals surface area (Å²) in [7, 11) is 0. The Labute approximate surface area is 99.5 Å². The highest BCUT2D eigenvalue weighted by atomic mass is 35.5. The van der Waals surface area contributed by atoms with E-state index in [1.54, 1.807) is 18.2 Å². The lowest BCUT2D eigenvalue weighted by Crippen LogP contribution is -2.37. The maximum atomic E-state index is 13.2. The predicted molar refractivity (Wildman–Crippen MR) is 59.6 cm³/mol. The summed E-state index contributed by atoms with van der Waals surface area (Å²) in [5, 5.41) is -0.586. The first kappa shape index (κ1) is 11.5. The zero-order valence-corrected chi connectivity index (χ0v) is 9.24. The van der Waals surface area contributed by atoms with Crippen LogP contribution in [0.2, 0.25) is 5.15 Å². The molecule has 0 unspecified atom stereocenters. The van der Waals surface area contributed by atoms with Crippen LogP contribution in [0.3, 0.4) is 0 Å². The molecule has 2 rings (SSSR count). The molecule has 17 heavy (non-hydrogen) atoms. The Morgan fingerprint density at radius 1 is 1.41 bits per heavy atom. The van der Waals surface area contributed by atoms with Gasteiger partial charge in [0.15, 0.2) is 5.15 Å². The second-order valence-corrected chi connectivity index (χ2v) is 3.65. The molecule has 0 saturated heterocycles. The van der Waals surface area contributed by atoms with Crippen LogP contribution in [0, 0.1) is 5.82 Å². The molecule has 0 amide bonds. The molecule has 0 fully saturated rings. The molecule has 5 nitrogen and oxygen atoms in total. The minimum atomic E-state index is -1.18. The van der Waals surface area contributed by atoms with Crippen LogP contribution in [-0.4, -0.2) is 14.5 Å². The van der Waals surface area contributed by atoms with Crippen LogP contribution in [0.4, 0.5) is 4.39 Å². The van der Waals surface area contributed by atoms with Gasteiger partial charge in [0, 0.05) is 6.20 Å². The molecule has 0 bridgehead atoms. The summed E-state index contributed by atoms with van der Waals surface area (Å²) >= 11 is 5.33. The molecule has 0 aliphatic heterocycles. The summed E-state index contributed by atoms with van der Waals surface area (Å²) in [6, 6.07) is 5.02. The van der Waals surface area contributed by atoms with E-state index in [2.05, 4.69) is 4.98 Å². The Hall–Kier alpha value is -1.95. The number of rotatable bonds is 2. The van der Waals surface area contributed by atoms with Crippen molar-refractivity contribution in [2.75, 3.05) is 0 Å². The van der Waals surface area contributed by atoms with E-state index in [1.165, 1.54) is 6.20 Å². The van der Waals surface area contributed by atoms with Crippen molar-refractivity contribution in [1.82, 2.24) is 14.5 Å². The van der Waals surface area contributed by atoms with Crippen molar-refractivity contribution in [3.63, 3.8) is 0 Å². The minimum Gasteiger partial charge on any atom is -0.295 e. The Kier molecular flexibility index (Phi) is 3.06. The SMILES string of the molecule is O=c1[nH]c(Cl)c(F)c(=O)n1Cc1ccccn1. The van der Waals surface area contributed by atoms with Gasteiger partial charge in [0.2, 0.25) is 5.82 Å². The third kappa shape index (κ3) is 2.26. The number of hydrogen-bond donors (Lipinski definition) is 1. The molecular weight excluding hydrogens is 249 g/mol. The highest BCUT2D eigenvalue weighted by Crippen LogP contribution is 2.03. The Morgan fingerprint density at radius 3 is 2.82 bits per heavy atom. The Balaban J connectivity index is 2.51. The standard InChI is InChI=1S/C10H7ClFN3O2/c11-8-7(12)9(16)15(10(17)14-8)5-6-3-1-2-4-13-6/h1-4H,5H2,(H,14,17). The fraction of sp³-hybridized carbons (Fsp3) is 0.100. The second kappa shape index (κ2) is 4.50. The van der Waals surface area contributed by atoms with Gasteiger partial charge in [-0.2, -0.15) is 4.39 Å². The monoisotopic (exact) mass is 255 g/mol. The van der Waals surface area contributed by atoms with E-state index in [1.807, 2.05) is 4.98 Å². The van der Waals surface area contributed by atoms with Gasteiger partial charge in [-0.1, -0.05) is 17.7 Å². The molecule has 0 aliphatic carbocycles. The lowest BCUT2D eigenvalue weighted by molar-refractivity contribution is 0.555. The van der Waals surface area contributed by atoms with Gasteiger partial charge in [-0.05, 0) is 12.1 Å². The summed E-state index contributed by atoms with van der Waals surface area (Å²) in [6.07, 6.45) is 1.51. The molecule has 0 radical (unpaired) electrons. The summed E-state index contributed by atoms with van der Waals surface area (Å²) in [4.78, 5) is 28.9. The van der Waals surface area contributed by atoms with Crippen LogP contribution >= 0.6 is 11.6 Å². The first-order chi connectivity index (χ1) is 8.09. The fourth-order valence-electron chi connectivity index (χ4n) is 1.32. The third-order valence-corrected chi connectivity index (χ3v) is 2.39. The van der Waals surface area contributed by atoms with E-state index in [-0.39, 0.29) is 6.54 Å². The third-order valence-electron chi connectivity index (χ3n) is 2.13. The number of aromatic amines is 1. The van der Waals surface area contributed by atoms with Crippen LogP contribution in [0.15, 0.2) is 34.0 Å². The molecule has 7 heteroatoms. The van der Waals surface area contributed by atoms with Gasteiger partial charge in [0.25, 0.3) is 5.56 Å². The molecule has 0 spiro atoms. The van der Waals surface area contributed by atoms with E-state index in [0.29, 0.717) is 10.3 Å². The second-order valence-electron chi connectivity index (χ2n) is 3.27. The molecule has 0 aromatic carbocycles. The van der Waals surface area contributed by atoms with Gasteiger partial charge in [-0.25, -0.2) is 4.79 Å². The summed E-state index contributed by atoms with van der Waals surface area (Å²) in [5.74, 6) is -1.18. The summed E-state index contributed by atoms with van der Waals surface area (Å²) in [6.45, 7) is -0.108. The van der Waals surface area contributed by atoms with E-state index in [4.69, 9.17) is 11.6 Å². The molecule has 2 heterocycles. The molecule has 0 atom stereocenters. The van der Waals surface area contributed by atoms with Gasteiger partial charge < -0.3 is 0 Å². The van der Waals surface area contributed by atoms with Crippen molar-refractivity contribution in [2.24, 2.45) is 0 Å². The zero-order valence-electron chi connectivity index (χ0n) is 8.48. The lowest BCUT2D eigenvalue weighted by Gasteiger charge is -2.04. The van der Waals surface area contributed by atoms with Crippen molar-refractivity contribution in [2.45, 2.75) is 6.54 Å². The van der Waals surface area contributed by atoms with Crippen LogP contribution in [0.25, 0.3) is 0 Å². The van der Waals surface area contributed by atoms with Gasteiger partial charge in [-0.15, -0.1) is 0 Å². The van der Waals surface area contributed by atoms with Crippen LogP contribution < -0.4 is 11.2 Å². The lowest BCUT2D eigenvalue weighted by atomic mass is 10.3. The van der Waals surface area contributed by atoms with Gasteiger partial charge >= 0.3 is 5.69 Å². The highest BCUT2D eigenvalue weighted by Gasteiger charge is 2.12. The van der Waals surface area contributed by atoms with E-state index in [0.717, 1.165) is 0 Å². The number of H-pyrrole nitrogens is 1. The van der Waals surface area contributed by atoms with E-state index in [9.17, 15) is 14.0 Å². The Morgan fingerprint density at radius 2 is 2.18 bits per heavy atom. The molecule has 0 aliphatic rings. The Bertz CT molecular complexity index is 651. The van der Waals surface area contributed by atoms with Gasteiger partial charge in [0.05, 0.1) is 12.2 Å².